The third-order valence-corrected chi connectivity index (χ3v) is 10.2. The fourth-order valence-electron chi connectivity index (χ4n) is 7.86. The van der Waals surface area contributed by atoms with Gasteiger partial charge in [0.05, 0.1) is 35.7 Å². The van der Waals surface area contributed by atoms with Crippen LogP contribution >= 0.6 is 0 Å². The molecule has 4 N–H and O–H groups in total. The summed E-state index contributed by atoms with van der Waals surface area (Å²) >= 11 is 0. The van der Waals surface area contributed by atoms with Gasteiger partial charge in [-0.1, -0.05) is 31.5 Å². The van der Waals surface area contributed by atoms with Crippen molar-refractivity contribution in [1.29, 1.82) is 0 Å². The molecule has 3 aliphatic carbocycles. The van der Waals surface area contributed by atoms with Crippen molar-refractivity contribution in [1.82, 2.24) is 0 Å². The third-order valence-electron chi connectivity index (χ3n) is 10.2. The van der Waals surface area contributed by atoms with E-state index in [9.17, 15) is 34.8 Å². The fourth-order valence-corrected chi connectivity index (χ4v) is 7.86. The molecule has 1 unspecified atom stereocenters. The summed E-state index contributed by atoms with van der Waals surface area (Å²) in [7, 11) is 0. The Hall–Kier alpha value is -2.63. The van der Waals surface area contributed by atoms with Crippen LogP contribution in [0.25, 0.3) is 0 Å². The molecule has 1 aliphatic heterocycles. The molecule has 40 heavy (non-hydrogen) atoms. The van der Waals surface area contributed by atoms with Gasteiger partial charge in [-0.15, -0.1) is 0 Å². The Bertz CT molecular complexity index is 1300. The summed E-state index contributed by atoms with van der Waals surface area (Å²) in [5.74, 6) is -3.60. The van der Waals surface area contributed by atoms with E-state index in [0.29, 0.717) is 5.57 Å². The molecule has 9 atom stereocenters. The average Bonchev–Trinajstić information content (AvgIpc) is 2.86. The van der Waals surface area contributed by atoms with Gasteiger partial charge in [0.1, 0.15) is 23.9 Å². The second-order valence-electron chi connectivity index (χ2n) is 12.7. The van der Waals surface area contributed by atoms with Gasteiger partial charge in [-0.25, -0.2) is 4.79 Å². The van der Waals surface area contributed by atoms with E-state index in [2.05, 4.69) is 0 Å². The molecule has 3 fully saturated rings. The summed E-state index contributed by atoms with van der Waals surface area (Å²) in [6, 6.07) is 6.66. The van der Waals surface area contributed by atoms with Gasteiger partial charge >= 0.3 is 11.9 Å². The number of hydrogen-bond donors (Lipinski definition) is 4. The highest BCUT2D eigenvalue weighted by atomic mass is 16.6. The maximum atomic E-state index is 14.3. The highest BCUT2D eigenvalue weighted by molar-refractivity contribution is 5.94. The van der Waals surface area contributed by atoms with Crippen LogP contribution in [-0.2, 0) is 23.8 Å². The summed E-state index contributed by atoms with van der Waals surface area (Å²) in [4.78, 5) is 40.5. The second kappa shape index (κ2) is 9.19. The Morgan fingerprint density at radius 1 is 1.10 bits per heavy atom. The molecule has 1 heterocycles. The van der Waals surface area contributed by atoms with Crippen LogP contribution in [-0.4, -0.2) is 86.5 Å². The first-order valence-corrected chi connectivity index (χ1v) is 13.6. The van der Waals surface area contributed by atoms with E-state index in [1.165, 1.54) is 13.8 Å². The zero-order valence-electron chi connectivity index (χ0n) is 23.6. The second-order valence-corrected chi connectivity index (χ2v) is 12.7. The SMILES string of the molecule is CC(=O)O[C@@]12CO[C@@H]1C[C@H](O)[C@@]1(C)C(=O)[C@H](O)C3=C(C)[C@@H](O)C[C@@](O)([C@@H](OC(=O)c4cccc(C)c4)C12)C3(C)C. The standard InChI is InChI=1S/C30H38O10/c1-14-8-7-9-17(10-14)26(36)39-25-23-28(6,19(33)11-20-29(23,13-38-20)40-16(3)31)24(35)22(34)21-15(2)18(32)12-30(25,37)27(21,4)5/h7-10,18-20,22-23,25,32-34,37H,11-13H2,1-6H3/t18-,19-,20+,22+,23?,25-,28+,29-,30+/m0/s1. The molecule has 0 amide bonds. The van der Waals surface area contributed by atoms with Crippen LogP contribution in [0.4, 0.5) is 0 Å². The number of ketones is 1. The van der Waals surface area contributed by atoms with E-state index >= 15 is 0 Å². The molecule has 0 spiro atoms. The molecule has 4 aliphatic rings. The quantitative estimate of drug-likeness (QED) is 0.315. The van der Waals surface area contributed by atoms with Crippen molar-refractivity contribution >= 4 is 17.7 Å². The van der Waals surface area contributed by atoms with Crippen LogP contribution in [0.1, 0.15) is 63.4 Å². The van der Waals surface area contributed by atoms with Gasteiger partial charge in [0.2, 0.25) is 0 Å². The van der Waals surface area contributed by atoms with Gasteiger partial charge in [0.15, 0.2) is 11.4 Å². The normalized spacial score (nSPS) is 42.0. The summed E-state index contributed by atoms with van der Waals surface area (Å²) in [5, 5.41) is 46.9. The number of Topliss-reactive ketones (excluding diaryl/α,β-unsaturated/α-hetero) is 1. The van der Waals surface area contributed by atoms with Crippen molar-refractivity contribution in [2.24, 2.45) is 16.7 Å². The van der Waals surface area contributed by atoms with Crippen molar-refractivity contribution in [3.05, 3.63) is 46.5 Å². The topological polar surface area (TPSA) is 160 Å². The molecule has 1 aromatic carbocycles. The summed E-state index contributed by atoms with van der Waals surface area (Å²) in [6.07, 6.45) is -7.27. The number of aryl methyl sites for hydroxylation is 1. The van der Waals surface area contributed by atoms with Crippen LogP contribution in [0.3, 0.4) is 0 Å². The highest BCUT2D eigenvalue weighted by Gasteiger charge is 2.77. The number of fused-ring (bicyclic) bond motifs is 5. The average molecular weight is 559 g/mol. The molecule has 0 radical (unpaired) electrons. The monoisotopic (exact) mass is 558 g/mol. The fraction of sp³-hybridized carbons (Fsp3) is 0.633. The molecule has 2 saturated carbocycles. The predicted molar refractivity (Wildman–Crippen MR) is 140 cm³/mol. The molecular weight excluding hydrogens is 520 g/mol. The number of hydrogen-bond acceptors (Lipinski definition) is 10. The molecule has 2 bridgehead atoms. The number of aliphatic hydroxyl groups excluding tert-OH is 3. The Kier molecular flexibility index (Phi) is 6.63. The van der Waals surface area contributed by atoms with Crippen LogP contribution in [0, 0.1) is 23.7 Å². The van der Waals surface area contributed by atoms with Gasteiger partial charge in [0, 0.05) is 25.2 Å². The summed E-state index contributed by atoms with van der Waals surface area (Å²) < 4.78 is 17.8. The molecule has 0 aromatic heterocycles. The zero-order valence-corrected chi connectivity index (χ0v) is 23.6. The minimum Gasteiger partial charge on any atom is -0.455 e. The molecule has 1 aromatic rings. The van der Waals surface area contributed by atoms with Crippen LogP contribution in [0.2, 0.25) is 0 Å². The number of benzene rings is 1. The first kappa shape index (κ1) is 28.9. The van der Waals surface area contributed by atoms with E-state index in [1.807, 2.05) is 0 Å². The molecular formula is C30H38O10. The van der Waals surface area contributed by atoms with Gasteiger partial charge in [-0.2, -0.15) is 0 Å². The number of carbonyl (C=O) groups excluding carboxylic acids is 3. The van der Waals surface area contributed by atoms with Crippen molar-refractivity contribution < 1.29 is 49.0 Å². The van der Waals surface area contributed by atoms with Crippen LogP contribution in [0.5, 0.6) is 0 Å². The maximum absolute atomic E-state index is 14.3. The minimum absolute atomic E-state index is 0.0836. The minimum atomic E-state index is -2.07. The lowest BCUT2D eigenvalue weighted by atomic mass is 9.44. The smallest absolute Gasteiger partial charge is 0.338 e. The largest absolute Gasteiger partial charge is 0.455 e. The summed E-state index contributed by atoms with van der Waals surface area (Å²) in [5.41, 5.74) is -5.45. The van der Waals surface area contributed by atoms with E-state index in [0.717, 1.165) is 5.56 Å². The van der Waals surface area contributed by atoms with E-state index < -0.39 is 76.2 Å². The van der Waals surface area contributed by atoms with Crippen molar-refractivity contribution in [3.8, 4) is 0 Å². The first-order chi connectivity index (χ1) is 18.5. The molecule has 10 heteroatoms. The van der Waals surface area contributed by atoms with Crippen LogP contribution in [0.15, 0.2) is 35.4 Å². The van der Waals surface area contributed by atoms with Gasteiger partial charge in [-0.05, 0) is 44.1 Å². The highest BCUT2D eigenvalue weighted by Crippen LogP contribution is 2.63. The lowest BCUT2D eigenvalue weighted by molar-refractivity contribution is -0.345. The number of carbonyl (C=O) groups is 3. The van der Waals surface area contributed by atoms with Crippen molar-refractivity contribution in [2.75, 3.05) is 6.61 Å². The predicted octanol–water partition coefficient (Wildman–Crippen LogP) is 1.39. The van der Waals surface area contributed by atoms with Crippen molar-refractivity contribution in [3.63, 3.8) is 0 Å². The maximum Gasteiger partial charge on any atom is 0.338 e. The Morgan fingerprint density at radius 2 is 1.77 bits per heavy atom. The number of ether oxygens (including phenoxy) is 3. The van der Waals surface area contributed by atoms with E-state index in [4.69, 9.17) is 14.2 Å². The summed E-state index contributed by atoms with van der Waals surface area (Å²) in [6.45, 7) is 9.11. The molecule has 10 nitrogen and oxygen atoms in total. The number of esters is 2. The Labute approximate surface area is 232 Å². The number of rotatable bonds is 3. The lowest BCUT2D eigenvalue weighted by Gasteiger charge is -2.67. The Balaban J connectivity index is 1.81. The van der Waals surface area contributed by atoms with E-state index in [-0.39, 0.29) is 30.6 Å². The van der Waals surface area contributed by atoms with Gasteiger partial charge in [0.25, 0.3) is 0 Å². The third kappa shape index (κ3) is 3.69. The van der Waals surface area contributed by atoms with Gasteiger partial charge < -0.3 is 34.6 Å². The van der Waals surface area contributed by atoms with E-state index in [1.54, 1.807) is 52.0 Å². The zero-order chi connectivity index (χ0) is 29.6. The van der Waals surface area contributed by atoms with Crippen molar-refractivity contribution in [2.45, 2.75) is 96.1 Å². The molecule has 218 valence electrons. The van der Waals surface area contributed by atoms with Gasteiger partial charge in [-0.3, -0.25) is 9.59 Å². The number of aliphatic hydroxyl groups is 4. The molecule has 1 saturated heterocycles. The lowest BCUT2D eigenvalue weighted by Crippen LogP contribution is -2.81. The van der Waals surface area contributed by atoms with Crippen LogP contribution < -0.4 is 0 Å². The Morgan fingerprint density at radius 3 is 2.35 bits per heavy atom. The first-order valence-electron chi connectivity index (χ1n) is 13.6. The molecule has 5 rings (SSSR count).